The van der Waals surface area contributed by atoms with Crippen LogP contribution in [0.2, 0.25) is 0 Å². The molecule has 1 amide bonds. The third-order valence-corrected chi connectivity index (χ3v) is 7.41. The van der Waals surface area contributed by atoms with E-state index in [2.05, 4.69) is 5.32 Å². The predicted octanol–water partition coefficient (Wildman–Crippen LogP) is 5.22. The van der Waals surface area contributed by atoms with E-state index in [9.17, 15) is 19.5 Å². The van der Waals surface area contributed by atoms with Crippen molar-refractivity contribution in [3.8, 4) is 11.1 Å². The number of anilines is 1. The molecule has 5 nitrogen and oxygen atoms in total. The van der Waals surface area contributed by atoms with E-state index < -0.39 is 27.1 Å². The quantitative estimate of drug-likeness (QED) is 0.326. The van der Waals surface area contributed by atoms with Gasteiger partial charge in [0.15, 0.2) is 0 Å². The van der Waals surface area contributed by atoms with Crippen molar-refractivity contribution in [3.63, 3.8) is 0 Å². The summed E-state index contributed by atoms with van der Waals surface area (Å²) in [7, 11) is 0. The van der Waals surface area contributed by atoms with Crippen LogP contribution in [-0.2, 0) is 4.79 Å². The number of carboxylic acids is 1. The number of carboxylic acid groups (broad SMARTS) is 1. The van der Waals surface area contributed by atoms with E-state index in [4.69, 9.17) is 0 Å². The number of Topliss-reactive ketones (excluding diaryl/α,β-unsaturated/α-hetero) is 1. The second kappa shape index (κ2) is 10.2. The molecule has 0 saturated carbocycles. The summed E-state index contributed by atoms with van der Waals surface area (Å²) in [6, 6.07) is 20.9. The Hall–Kier alpha value is -3.17. The molecule has 3 aromatic carbocycles. The number of aryl methyl sites for hydroxylation is 2. The maximum atomic E-state index is 12.4. The van der Waals surface area contributed by atoms with Gasteiger partial charge in [-0.1, -0.05) is 0 Å². The first-order chi connectivity index (χ1) is 15.5. The second-order valence-corrected chi connectivity index (χ2v) is 11.2. The monoisotopic (exact) mass is 504 g/mol. The van der Waals surface area contributed by atoms with Gasteiger partial charge >= 0.3 is 191 Å². The standard InChI is InChI=1S/C27H27AsNO4/c1-17-5-14-23(15-18(17)2)29-26(33)28-22-12-10-20(11-13-22)19-6-8-21(9-7-19)24(30)16-27(3,4)25(31)32/h5-15H,16H2,1-4H3,(H,29,33)(H,31,32). The molecule has 6 heteroatoms. The van der Waals surface area contributed by atoms with Crippen molar-refractivity contribution >= 4 is 42.2 Å². The molecule has 0 spiro atoms. The van der Waals surface area contributed by atoms with Crippen LogP contribution in [-0.4, -0.2) is 37.3 Å². The predicted molar refractivity (Wildman–Crippen MR) is 133 cm³/mol. The average molecular weight is 504 g/mol. The van der Waals surface area contributed by atoms with Gasteiger partial charge in [0, 0.05) is 0 Å². The van der Waals surface area contributed by atoms with Crippen molar-refractivity contribution in [2.24, 2.45) is 5.41 Å². The van der Waals surface area contributed by atoms with E-state index in [-0.39, 0.29) is 16.9 Å². The summed E-state index contributed by atoms with van der Waals surface area (Å²) < 4.78 is 1.02. The van der Waals surface area contributed by atoms with Crippen LogP contribution in [0.1, 0.15) is 41.8 Å². The molecule has 0 saturated heterocycles. The number of amides is 1. The molecule has 0 aliphatic rings. The summed E-state index contributed by atoms with van der Waals surface area (Å²) in [4.78, 5) is 36.1. The minimum atomic E-state index is -1.10. The van der Waals surface area contributed by atoms with E-state index in [0.717, 1.165) is 26.7 Å². The van der Waals surface area contributed by atoms with Crippen molar-refractivity contribution in [1.29, 1.82) is 0 Å². The fraction of sp³-hybridized carbons (Fsp3) is 0.222. The molecule has 1 radical (unpaired) electrons. The summed E-state index contributed by atoms with van der Waals surface area (Å²) in [5, 5.41) is 12.2. The van der Waals surface area contributed by atoms with Crippen molar-refractivity contribution in [3.05, 3.63) is 83.4 Å². The summed E-state index contributed by atoms with van der Waals surface area (Å²) in [6.45, 7) is 7.16. The summed E-state index contributed by atoms with van der Waals surface area (Å²) in [5.41, 5.74) is 4.49. The van der Waals surface area contributed by atoms with E-state index in [1.165, 1.54) is 5.56 Å². The first-order valence-electron chi connectivity index (χ1n) is 10.6. The van der Waals surface area contributed by atoms with Gasteiger partial charge in [-0.05, 0) is 0 Å². The minimum absolute atomic E-state index is 0.0226. The number of carbonyl (C=O) groups is 3. The molecule has 0 fully saturated rings. The molecule has 0 unspecified atom stereocenters. The van der Waals surface area contributed by atoms with Crippen LogP contribution in [0.5, 0.6) is 0 Å². The molecule has 0 aromatic heterocycles. The summed E-state index contributed by atoms with van der Waals surface area (Å²) >= 11 is -0.674. The van der Waals surface area contributed by atoms with E-state index in [1.807, 2.05) is 68.4 Å². The average Bonchev–Trinajstić information content (AvgIpc) is 2.76. The van der Waals surface area contributed by atoms with Gasteiger partial charge < -0.3 is 5.11 Å². The fourth-order valence-corrected chi connectivity index (χ4v) is 4.75. The van der Waals surface area contributed by atoms with Crippen LogP contribution in [0, 0.1) is 19.3 Å². The maximum absolute atomic E-state index is 12.4. The Labute approximate surface area is 200 Å². The zero-order valence-corrected chi connectivity index (χ0v) is 21.1. The number of nitrogens with one attached hydrogen (secondary N) is 1. The van der Waals surface area contributed by atoms with Crippen LogP contribution in [0.4, 0.5) is 10.5 Å². The molecule has 0 aliphatic carbocycles. The molecule has 2 N–H and O–H groups in total. The van der Waals surface area contributed by atoms with Crippen LogP contribution >= 0.6 is 0 Å². The second-order valence-electron chi connectivity index (χ2n) is 8.75. The van der Waals surface area contributed by atoms with Crippen LogP contribution < -0.4 is 9.67 Å². The van der Waals surface area contributed by atoms with Gasteiger partial charge in [-0.2, -0.15) is 0 Å². The third kappa shape index (κ3) is 6.43. The fourth-order valence-electron chi connectivity index (χ4n) is 3.24. The third-order valence-electron chi connectivity index (χ3n) is 5.58. The summed E-state index contributed by atoms with van der Waals surface area (Å²) in [6.07, 6.45) is -0.0519. The van der Waals surface area contributed by atoms with Crippen molar-refractivity contribution in [2.75, 3.05) is 5.32 Å². The van der Waals surface area contributed by atoms with Crippen LogP contribution in [0.15, 0.2) is 66.7 Å². The SMILES string of the molecule is Cc1ccc(NC(=O)[As]c2ccc(-c3ccc(C(=O)CC(C)(C)C(=O)O)cc3)cc2)cc1C. The number of hydrogen-bond donors (Lipinski definition) is 2. The first kappa shape index (κ1) is 24.5. The zero-order valence-electron chi connectivity index (χ0n) is 19.2. The number of aliphatic carboxylic acids is 1. The van der Waals surface area contributed by atoms with Crippen molar-refractivity contribution in [1.82, 2.24) is 0 Å². The normalized spacial score (nSPS) is 11.5. The molecule has 0 aliphatic heterocycles. The molecule has 169 valence electrons. The molecular weight excluding hydrogens is 477 g/mol. The zero-order chi connectivity index (χ0) is 24.2. The molecule has 3 aromatic rings. The Morgan fingerprint density at radius 2 is 1.42 bits per heavy atom. The van der Waals surface area contributed by atoms with Gasteiger partial charge in [0.1, 0.15) is 0 Å². The van der Waals surface area contributed by atoms with Crippen LogP contribution in [0.25, 0.3) is 11.1 Å². The Balaban J connectivity index is 1.62. The van der Waals surface area contributed by atoms with E-state index >= 15 is 0 Å². The molecule has 33 heavy (non-hydrogen) atoms. The number of rotatable bonds is 8. The Morgan fingerprint density at radius 3 is 1.97 bits per heavy atom. The van der Waals surface area contributed by atoms with E-state index in [1.54, 1.807) is 26.0 Å². The van der Waals surface area contributed by atoms with Crippen molar-refractivity contribution in [2.45, 2.75) is 34.1 Å². The van der Waals surface area contributed by atoms with Crippen molar-refractivity contribution < 1.29 is 19.5 Å². The molecule has 0 atom stereocenters. The Morgan fingerprint density at radius 1 is 0.848 bits per heavy atom. The van der Waals surface area contributed by atoms with Gasteiger partial charge in [0.05, 0.1) is 0 Å². The molecule has 3 rings (SSSR count). The van der Waals surface area contributed by atoms with Gasteiger partial charge in [-0.25, -0.2) is 0 Å². The van der Waals surface area contributed by atoms with Gasteiger partial charge in [-0.3, -0.25) is 4.79 Å². The van der Waals surface area contributed by atoms with Gasteiger partial charge in [-0.15, -0.1) is 0 Å². The number of carbonyl (C=O) groups excluding carboxylic acids is 2. The topological polar surface area (TPSA) is 83.5 Å². The number of benzene rings is 3. The Kier molecular flexibility index (Phi) is 7.55. The van der Waals surface area contributed by atoms with E-state index in [0.29, 0.717) is 5.56 Å². The molecule has 0 bridgehead atoms. The molecule has 0 heterocycles. The van der Waals surface area contributed by atoms with Gasteiger partial charge in [0.25, 0.3) is 0 Å². The Bertz CT molecular complexity index is 1180. The van der Waals surface area contributed by atoms with Crippen LogP contribution in [0.3, 0.4) is 0 Å². The summed E-state index contributed by atoms with van der Waals surface area (Å²) in [5.74, 6) is -1.18. The number of hydrogen-bond acceptors (Lipinski definition) is 3. The molecular formula is C27H27AsNO4. The number of ketones is 1. The van der Waals surface area contributed by atoms with Gasteiger partial charge in [0.2, 0.25) is 0 Å². The first-order valence-corrected chi connectivity index (χ1v) is 12.5.